The molecule has 0 aliphatic rings. The molecule has 0 aromatic heterocycles. The SMILES string of the molecule is CC[C@@H](CO)[NH2+]CC(=O)Nc1cccc(Cl)c1Cl. The quantitative estimate of drug-likeness (QED) is 0.739. The van der Waals surface area contributed by atoms with Gasteiger partial charge in [-0.15, -0.1) is 0 Å². The molecule has 6 heteroatoms. The first-order valence-corrected chi connectivity index (χ1v) is 6.52. The fraction of sp³-hybridized carbons (Fsp3) is 0.417. The van der Waals surface area contributed by atoms with Crippen LogP contribution in [0, 0.1) is 0 Å². The summed E-state index contributed by atoms with van der Waals surface area (Å²) in [5.41, 5.74) is 0.500. The highest BCUT2D eigenvalue weighted by Gasteiger charge is 2.12. The predicted molar refractivity (Wildman–Crippen MR) is 73.0 cm³/mol. The maximum atomic E-state index is 11.7. The third-order valence-electron chi connectivity index (χ3n) is 2.62. The molecule has 4 nitrogen and oxygen atoms in total. The molecule has 1 rings (SSSR count). The van der Waals surface area contributed by atoms with Crippen LogP contribution in [0.3, 0.4) is 0 Å². The third-order valence-corrected chi connectivity index (χ3v) is 3.44. The van der Waals surface area contributed by atoms with Crippen LogP contribution >= 0.6 is 23.2 Å². The van der Waals surface area contributed by atoms with Crippen LogP contribution in [0.25, 0.3) is 0 Å². The van der Waals surface area contributed by atoms with E-state index in [0.29, 0.717) is 15.7 Å². The largest absolute Gasteiger partial charge is 0.390 e. The molecule has 18 heavy (non-hydrogen) atoms. The van der Waals surface area contributed by atoms with Crippen molar-refractivity contribution in [3.05, 3.63) is 28.2 Å². The zero-order chi connectivity index (χ0) is 13.5. The fourth-order valence-electron chi connectivity index (χ4n) is 1.45. The van der Waals surface area contributed by atoms with E-state index in [0.717, 1.165) is 6.42 Å². The summed E-state index contributed by atoms with van der Waals surface area (Å²) in [5.74, 6) is -0.175. The first-order chi connectivity index (χ1) is 8.58. The number of hydrogen-bond acceptors (Lipinski definition) is 2. The highest BCUT2D eigenvalue weighted by Crippen LogP contribution is 2.29. The second kappa shape index (κ2) is 7.59. The van der Waals surface area contributed by atoms with Crippen molar-refractivity contribution in [2.45, 2.75) is 19.4 Å². The summed E-state index contributed by atoms with van der Waals surface area (Å²) >= 11 is 11.8. The van der Waals surface area contributed by atoms with Crippen LogP contribution in [0.2, 0.25) is 10.0 Å². The molecule has 1 atom stereocenters. The Labute approximate surface area is 116 Å². The van der Waals surface area contributed by atoms with Crippen molar-refractivity contribution < 1.29 is 15.2 Å². The van der Waals surface area contributed by atoms with Gasteiger partial charge in [-0.2, -0.15) is 0 Å². The lowest BCUT2D eigenvalue weighted by molar-refractivity contribution is -0.680. The number of rotatable bonds is 6. The maximum absolute atomic E-state index is 11.7. The standard InChI is InChI=1S/C12H16Cl2N2O2/c1-2-8(7-17)15-6-11(18)16-10-5-3-4-9(13)12(10)14/h3-5,8,15,17H,2,6-7H2,1H3,(H,16,18)/p+1/t8-/m0/s1. The Morgan fingerprint density at radius 3 is 2.83 bits per heavy atom. The highest BCUT2D eigenvalue weighted by molar-refractivity contribution is 6.43. The molecule has 1 amide bonds. The van der Waals surface area contributed by atoms with Gasteiger partial charge in [0.2, 0.25) is 0 Å². The number of carbonyl (C=O) groups excluding carboxylic acids is 1. The lowest BCUT2D eigenvalue weighted by Crippen LogP contribution is -2.92. The van der Waals surface area contributed by atoms with Crippen molar-refractivity contribution in [2.75, 3.05) is 18.5 Å². The van der Waals surface area contributed by atoms with Crippen LogP contribution in [0.15, 0.2) is 18.2 Å². The Morgan fingerprint density at radius 1 is 1.50 bits per heavy atom. The van der Waals surface area contributed by atoms with Crippen LogP contribution in [-0.4, -0.2) is 30.2 Å². The number of halogens is 2. The zero-order valence-corrected chi connectivity index (χ0v) is 11.6. The number of amides is 1. The minimum atomic E-state index is -0.175. The molecular formula is C12H17Cl2N2O2+. The second-order valence-corrected chi connectivity index (χ2v) is 4.73. The lowest BCUT2D eigenvalue weighted by Gasteiger charge is -2.11. The molecule has 0 saturated heterocycles. The lowest BCUT2D eigenvalue weighted by atomic mass is 10.2. The normalized spacial score (nSPS) is 12.2. The van der Waals surface area contributed by atoms with Gasteiger partial charge in [-0.1, -0.05) is 36.2 Å². The van der Waals surface area contributed by atoms with Crippen molar-refractivity contribution in [2.24, 2.45) is 0 Å². The highest BCUT2D eigenvalue weighted by atomic mass is 35.5. The molecule has 0 saturated carbocycles. The van der Waals surface area contributed by atoms with Crippen LogP contribution < -0.4 is 10.6 Å². The van der Waals surface area contributed by atoms with E-state index in [1.165, 1.54) is 0 Å². The molecule has 1 aromatic rings. The van der Waals surface area contributed by atoms with E-state index >= 15 is 0 Å². The summed E-state index contributed by atoms with van der Waals surface area (Å²) in [7, 11) is 0. The number of nitrogens with two attached hydrogens (primary N) is 1. The Bertz CT molecular complexity index is 409. The molecule has 100 valence electrons. The molecule has 0 aliphatic heterocycles. The van der Waals surface area contributed by atoms with Gasteiger partial charge < -0.3 is 15.7 Å². The molecule has 0 unspecified atom stereocenters. The average Bonchev–Trinajstić information content (AvgIpc) is 2.36. The summed E-state index contributed by atoms with van der Waals surface area (Å²) in [6, 6.07) is 5.11. The van der Waals surface area contributed by atoms with Gasteiger partial charge >= 0.3 is 0 Å². The van der Waals surface area contributed by atoms with E-state index in [-0.39, 0.29) is 25.1 Å². The molecule has 1 aromatic carbocycles. The first-order valence-electron chi connectivity index (χ1n) is 5.76. The number of aliphatic hydroxyl groups is 1. The van der Waals surface area contributed by atoms with Gasteiger partial charge in [0.15, 0.2) is 6.54 Å². The monoisotopic (exact) mass is 291 g/mol. The molecule has 0 bridgehead atoms. The average molecular weight is 292 g/mol. The van der Waals surface area contributed by atoms with Crippen molar-refractivity contribution in [1.29, 1.82) is 0 Å². The van der Waals surface area contributed by atoms with Gasteiger partial charge in [0.1, 0.15) is 6.04 Å². The van der Waals surface area contributed by atoms with Crippen LogP contribution in [0.5, 0.6) is 0 Å². The van der Waals surface area contributed by atoms with Gasteiger partial charge in [0.05, 0.1) is 22.3 Å². The Balaban J connectivity index is 2.52. The number of anilines is 1. The summed E-state index contributed by atoms with van der Waals surface area (Å²) in [6.07, 6.45) is 0.807. The predicted octanol–water partition coefficient (Wildman–Crippen LogP) is 1.27. The Kier molecular flexibility index (Phi) is 6.43. The Hall–Kier alpha value is -0.810. The van der Waals surface area contributed by atoms with Crippen LogP contribution in [0.4, 0.5) is 5.69 Å². The number of quaternary nitrogens is 1. The molecular weight excluding hydrogens is 275 g/mol. The fourth-order valence-corrected chi connectivity index (χ4v) is 1.79. The minimum Gasteiger partial charge on any atom is -0.390 e. The van der Waals surface area contributed by atoms with E-state index in [1.54, 1.807) is 23.5 Å². The van der Waals surface area contributed by atoms with Gasteiger partial charge in [0.25, 0.3) is 5.91 Å². The first kappa shape index (κ1) is 15.2. The number of carbonyl (C=O) groups is 1. The second-order valence-electron chi connectivity index (χ2n) is 3.94. The molecule has 0 heterocycles. The van der Waals surface area contributed by atoms with E-state index in [4.69, 9.17) is 28.3 Å². The molecule has 0 aliphatic carbocycles. The van der Waals surface area contributed by atoms with E-state index in [9.17, 15) is 4.79 Å². The molecule has 0 spiro atoms. The van der Waals surface area contributed by atoms with Crippen LogP contribution in [0.1, 0.15) is 13.3 Å². The van der Waals surface area contributed by atoms with Gasteiger partial charge in [-0.25, -0.2) is 0 Å². The number of aliphatic hydroxyl groups excluding tert-OH is 1. The maximum Gasteiger partial charge on any atom is 0.279 e. The summed E-state index contributed by atoms with van der Waals surface area (Å²) in [6.45, 7) is 2.26. The minimum absolute atomic E-state index is 0.0468. The van der Waals surface area contributed by atoms with Gasteiger partial charge in [-0.05, 0) is 18.6 Å². The van der Waals surface area contributed by atoms with Gasteiger partial charge in [0, 0.05) is 0 Å². The number of hydrogen-bond donors (Lipinski definition) is 3. The Morgan fingerprint density at radius 2 is 2.22 bits per heavy atom. The molecule has 0 radical (unpaired) electrons. The van der Waals surface area contributed by atoms with E-state index in [1.807, 2.05) is 6.92 Å². The van der Waals surface area contributed by atoms with Gasteiger partial charge in [-0.3, -0.25) is 4.79 Å². The van der Waals surface area contributed by atoms with E-state index in [2.05, 4.69) is 5.32 Å². The van der Waals surface area contributed by atoms with E-state index < -0.39 is 0 Å². The molecule has 0 fully saturated rings. The topological polar surface area (TPSA) is 65.9 Å². The summed E-state index contributed by atoms with van der Waals surface area (Å²) in [5, 5.41) is 14.2. The van der Waals surface area contributed by atoms with Crippen molar-refractivity contribution in [3.63, 3.8) is 0 Å². The third kappa shape index (κ3) is 4.46. The zero-order valence-electron chi connectivity index (χ0n) is 10.1. The summed E-state index contributed by atoms with van der Waals surface area (Å²) < 4.78 is 0. The smallest absolute Gasteiger partial charge is 0.279 e. The van der Waals surface area contributed by atoms with Crippen molar-refractivity contribution in [3.8, 4) is 0 Å². The van der Waals surface area contributed by atoms with Crippen LogP contribution in [-0.2, 0) is 4.79 Å². The number of nitrogens with one attached hydrogen (secondary N) is 1. The van der Waals surface area contributed by atoms with Crippen molar-refractivity contribution >= 4 is 34.8 Å². The number of benzene rings is 1. The van der Waals surface area contributed by atoms with Crippen molar-refractivity contribution in [1.82, 2.24) is 0 Å². The summed E-state index contributed by atoms with van der Waals surface area (Å²) in [4.78, 5) is 11.7. The molecule has 4 N–H and O–H groups in total.